The number of hydrogen-bond donors (Lipinski definition) is 0. The molecule has 0 N–H and O–H groups in total. The van der Waals surface area contributed by atoms with E-state index in [0.29, 0.717) is 18.9 Å². The first-order valence-electron chi connectivity index (χ1n) is 8.03. The minimum absolute atomic E-state index is 0.161. The molecule has 0 aliphatic heterocycles. The number of hydrogen-bond acceptors (Lipinski definition) is 2. The molecule has 2 rings (SSSR count). The molecule has 0 radical (unpaired) electrons. The van der Waals surface area contributed by atoms with Crippen LogP contribution in [0.1, 0.15) is 48.7 Å². The summed E-state index contributed by atoms with van der Waals surface area (Å²) in [6, 6.07) is 13.4. The summed E-state index contributed by atoms with van der Waals surface area (Å²) in [5.74, 6) is 1.57. The summed E-state index contributed by atoms with van der Waals surface area (Å²) in [4.78, 5) is 11.6. The minimum Gasteiger partial charge on any atom is -0.489 e. The molecule has 0 aliphatic rings. The number of halogens is 1. The van der Waals surface area contributed by atoms with Gasteiger partial charge in [0, 0.05) is 17.0 Å². The molecule has 0 aliphatic carbocycles. The Kier molecular flexibility index (Phi) is 6.23. The third-order valence-electron chi connectivity index (χ3n) is 3.64. The van der Waals surface area contributed by atoms with E-state index in [1.807, 2.05) is 49.4 Å². The predicted molar refractivity (Wildman–Crippen MR) is 95.4 cm³/mol. The van der Waals surface area contributed by atoms with Gasteiger partial charge in [-0.1, -0.05) is 56.6 Å². The van der Waals surface area contributed by atoms with Gasteiger partial charge in [0.2, 0.25) is 0 Å². The molecule has 2 aromatic rings. The summed E-state index contributed by atoms with van der Waals surface area (Å²) in [6.07, 6.45) is 1.46. The molecule has 2 nitrogen and oxygen atoms in total. The number of ether oxygens (including phenoxy) is 1. The van der Waals surface area contributed by atoms with E-state index in [-0.39, 0.29) is 5.78 Å². The van der Waals surface area contributed by atoms with E-state index in [1.54, 1.807) is 0 Å². The van der Waals surface area contributed by atoms with Crippen LogP contribution in [-0.4, -0.2) is 5.78 Å². The summed E-state index contributed by atoms with van der Waals surface area (Å²) >= 11 is 6.09. The minimum atomic E-state index is 0.161. The lowest BCUT2D eigenvalue weighted by atomic mass is 10.0. The molecule has 2 aromatic carbocycles. The van der Waals surface area contributed by atoms with Crippen LogP contribution in [0.5, 0.6) is 5.75 Å². The molecule has 122 valence electrons. The van der Waals surface area contributed by atoms with E-state index < -0.39 is 0 Å². The topological polar surface area (TPSA) is 26.3 Å². The van der Waals surface area contributed by atoms with Gasteiger partial charge in [-0.15, -0.1) is 0 Å². The molecule has 23 heavy (non-hydrogen) atoms. The van der Waals surface area contributed by atoms with E-state index in [1.165, 1.54) is 0 Å². The molecular formula is C20H23ClO2. The highest BCUT2D eigenvalue weighted by Gasteiger charge is 2.08. The monoisotopic (exact) mass is 330 g/mol. The Bertz CT molecular complexity index is 660. The maximum atomic E-state index is 11.6. The molecule has 0 heterocycles. The van der Waals surface area contributed by atoms with Crippen molar-refractivity contribution in [3.05, 3.63) is 64.2 Å². The van der Waals surface area contributed by atoms with Gasteiger partial charge >= 0.3 is 0 Å². The van der Waals surface area contributed by atoms with Crippen LogP contribution in [0.4, 0.5) is 0 Å². The van der Waals surface area contributed by atoms with Crippen molar-refractivity contribution in [2.45, 2.75) is 40.2 Å². The summed E-state index contributed by atoms with van der Waals surface area (Å²) in [5, 5.41) is 0.732. The molecule has 0 amide bonds. The van der Waals surface area contributed by atoms with Gasteiger partial charge in [-0.25, -0.2) is 0 Å². The molecule has 0 atom stereocenters. The van der Waals surface area contributed by atoms with Crippen LogP contribution in [0, 0.1) is 5.92 Å². The number of carbonyl (C=O) groups is 1. The van der Waals surface area contributed by atoms with Crippen LogP contribution < -0.4 is 4.74 Å². The maximum Gasteiger partial charge on any atom is 0.162 e. The van der Waals surface area contributed by atoms with Crippen molar-refractivity contribution in [3.8, 4) is 5.75 Å². The van der Waals surface area contributed by atoms with Crippen LogP contribution in [0.3, 0.4) is 0 Å². The van der Waals surface area contributed by atoms with E-state index in [0.717, 1.165) is 33.9 Å². The highest BCUT2D eigenvalue weighted by atomic mass is 35.5. The summed E-state index contributed by atoms with van der Waals surface area (Å²) < 4.78 is 5.96. The molecule has 0 bridgehead atoms. The van der Waals surface area contributed by atoms with Crippen molar-refractivity contribution in [1.82, 2.24) is 0 Å². The molecule has 0 saturated carbocycles. The number of ketones is 1. The van der Waals surface area contributed by atoms with Crippen LogP contribution in [-0.2, 0) is 13.0 Å². The Morgan fingerprint density at radius 2 is 1.83 bits per heavy atom. The summed E-state index contributed by atoms with van der Waals surface area (Å²) in [6.45, 7) is 6.70. The Morgan fingerprint density at radius 3 is 2.43 bits per heavy atom. The van der Waals surface area contributed by atoms with E-state index in [4.69, 9.17) is 16.3 Å². The first-order valence-corrected chi connectivity index (χ1v) is 8.40. The van der Waals surface area contributed by atoms with Crippen LogP contribution in [0.25, 0.3) is 0 Å². The van der Waals surface area contributed by atoms with Gasteiger partial charge in [0.05, 0.1) is 0 Å². The standard InChI is InChI=1S/C20H23ClO2/c1-4-19(22)16-7-5-15(6-8-16)13-23-20-10-9-18(21)12-17(20)11-14(2)3/h5-10,12,14H,4,11,13H2,1-3H3. The second-order valence-electron chi connectivity index (χ2n) is 6.11. The van der Waals surface area contributed by atoms with Gasteiger partial charge in [-0.3, -0.25) is 4.79 Å². The fourth-order valence-corrected chi connectivity index (χ4v) is 2.63. The third kappa shape index (κ3) is 5.11. The van der Waals surface area contributed by atoms with Crippen molar-refractivity contribution in [3.63, 3.8) is 0 Å². The van der Waals surface area contributed by atoms with Gasteiger partial charge in [-0.05, 0) is 41.7 Å². The highest BCUT2D eigenvalue weighted by molar-refractivity contribution is 6.30. The normalized spacial score (nSPS) is 10.8. The maximum absolute atomic E-state index is 11.6. The lowest BCUT2D eigenvalue weighted by Crippen LogP contribution is -2.02. The summed E-state index contributed by atoms with van der Waals surface area (Å²) in [7, 11) is 0. The number of carbonyl (C=O) groups excluding carboxylic acids is 1. The highest BCUT2D eigenvalue weighted by Crippen LogP contribution is 2.26. The zero-order valence-corrected chi connectivity index (χ0v) is 14.7. The second kappa shape index (κ2) is 8.16. The zero-order valence-electron chi connectivity index (χ0n) is 13.9. The Labute approximate surface area is 143 Å². The number of Topliss-reactive ketones (excluding diaryl/α,β-unsaturated/α-hetero) is 1. The first kappa shape index (κ1) is 17.6. The molecule has 0 saturated heterocycles. The van der Waals surface area contributed by atoms with Crippen LogP contribution >= 0.6 is 11.6 Å². The Morgan fingerprint density at radius 1 is 1.13 bits per heavy atom. The third-order valence-corrected chi connectivity index (χ3v) is 3.88. The number of rotatable bonds is 7. The Hall–Kier alpha value is -1.80. The smallest absolute Gasteiger partial charge is 0.162 e. The van der Waals surface area contributed by atoms with Crippen LogP contribution in [0.15, 0.2) is 42.5 Å². The lowest BCUT2D eigenvalue weighted by molar-refractivity contribution is 0.0988. The van der Waals surface area contributed by atoms with Crippen molar-refractivity contribution >= 4 is 17.4 Å². The zero-order chi connectivity index (χ0) is 16.8. The van der Waals surface area contributed by atoms with Gasteiger partial charge in [-0.2, -0.15) is 0 Å². The van der Waals surface area contributed by atoms with Gasteiger partial charge in [0.25, 0.3) is 0 Å². The predicted octanol–water partition coefficient (Wildman–Crippen LogP) is 5.71. The molecule has 0 unspecified atom stereocenters. The average Bonchev–Trinajstić information content (AvgIpc) is 2.53. The average molecular weight is 331 g/mol. The fourth-order valence-electron chi connectivity index (χ4n) is 2.44. The Balaban J connectivity index is 2.07. The molecule has 0 fully saturated rings. The van der Waals surface area contributed by atoms with E-state index in [2.05, 4.69) is 13.8 Å². The SMILES string of the molecule is CCC(=O)c1ccc(COc2ccc(Cl)cc2CC(C)C)cc1. The van der Waals surface area contributed by atoms with Crippen molar-refractivity contribution in [2.24, 2.45) is 5.92 Å². The van der Waals surface area contributed by atoms with Crippen molar-refractivity contribution in [1.29, 1.82) is 0 Å². The van der Waals surface area contributed by atoms with E-state index in [9.17, 15) is 4.79 Å². The van der Waals surface area contributed by atoms with Gasteiger partial charge < -0.3 is 4.74 Å². The molecule has 0 spiro atoms. The van der Waals surface area contributed by atoms with Gasteiger partial charge in [0.15, 0.2) is 5.78 Å². The summed E-state index contributed by atoms with van der Waals surface area (Å²) in [5.41, 5.74) is 2.93. The number of benzene rings is 2. The molecule has 0 aromatic heterocycles. The van der Waals surface area contributed by atoms with E-state index >= 15 is 0 Å². The second-order valence-corrected chi connectivity index (χ2v) is 6.55. The molecule has 3 heteroatoms. The first-order chi connectivity index (χ1) is 11.0. The largest absolute Gasteiger partial charge is 0.489 e. The van der Waals surface area contributed by atoms with Gasteiger partial charge in [0.1, 0.15) is 12.4 Å². The quantitative estimate of drug-likeness (QED) is 0.608. The van der Waals surface area contributed by atoms with Crippen LogP contribution in [0.2, 0.25) is 5.02 Å². The fraction of sp³-hybridized carbons (Fsp3) is 0.350. The molecular weight excluding hydrogens is 308 g/mol. The van der Waals surface area contributed by atoms with Crippen molar-refractivity contribution in [2.75, 3.05) is 0 Å². The van der Waals surface area contributed by atoms with Crippen molar-refractivity contribution < 1.29 is 9.53 Å². The lowest BCUT2D eigenvalue weighted by Gasteiger charge is -2.14.